The van der Waals surface area contributed by atoms with Gasteiger partial charge in [0.1, 0.15) is 6.54 Å². The van der Waals surface area contributed by atoms with Gasteiger partial charge in [-0.15, -0.1) is 0 Å². The molecule has 1 heterocycles. The summed E-state index contributed by atoms with van der Waals surface area (Å²) in [6.45, 7) is 3.78. The van der Waals surface area contributed by atoms with Crippen molar-refractivity contribution >= 4 is 11.8 Å². The summed E-state index contributed by atoms with van der Waals surface area (Å²) in [5.41, 5.74) is 0.0897. The number of hydrogen-bond acceptors (Lipinski definition) is 2. The van der Waals surface area contributed by atoms with Crippen LogP contribution >= 0.6 is 0 Å². The number of nitrogens with one attached hydrogen (secondary N) is 2. The minimum absolute atomic E-state index is 0.0897. The van der Waals surface area contributed by atoms with Crippen LogP contribution in [-0.4, -0.2) is 28.3 Å². The lowest BCUT2D eigenvalue weighted by molar-refractivity contribution is 0.122. The van der Waals surface area contributed by atoms with Gasteiger partial charge in [-0.25, -0.2) is 13.6 Å². The number of hydrogen-bond donors (Lipinski definition) is 2. The Morgan fingerprint density at radius 1 is 1.60 bits per heavy atom. The van der Waals surface area contributed by atoms with Gasteiger partial charge in [0.25, 0.3) is 6.43 Å². The Kier molecular flexibility index (Phi) is 4.25. The molecule has 2 N–H and O–H groups in total. The van der Waals surface area contributed by atoms with E-state index in [2.05, 4.69) is 29.6 Å². The van der Waals surface area contributed by atoms with Crippen LogP contribution in [0, 0.1) is 5.41 Å². The van der Waals surface area contributed by atoms with Crippen molar-refractivity contribution in [2.45, 2.75) is 52.1 Å². The molecular formula is C13H20F2N4O. The lowest BCUT2D eigenvalue weighted by Crippen LogP contribution is -2.43. The van der Waals surface area contributed by atoms with Gasteiger partial charge in [-0.1, -0.05) is 20.3 Å². The Hall–Kier alpha value is -1.66. The van der Waals surface area contributed by atoms with Gasteiger partial charge in [-0.3, -0.25) is 10.00 Å². The number of alkyl halides is 2. The predicted molar refractivity (Wildman–Crippen MR) is 71.8 cm³/mol. The summed E-state index contributed by atoms with van der Waals surface area (Å²) in [6, 6.07) is 1.29. The maximum Gasteiger partial charge on any atom is 0.320 e. The van der Waals surface area contributed by atoms with Crippen molar-refractivity contribution in [2.24, 2.45) is 5.41 Å². The van der Waals surface area contributed by atoms with Gasteiger partial charge in [0.05, 0.1) is 0 Å². The minimum atomic E-state index is -2.46. The third-order valence-corrected chi connectivity index (χ3v) is 3.77. The van der Waals surface area contributed by atoms with Gasteiger partial charge in [0.15, 0.2) is 5.82 Å². The van der Waals surface area contributed by atoms with Crippen LogP contribution in [0.25, 0.3) is 0 Å². The maximum atomic E-state index is 12.2. The summed E-state index contributed by atoms with van der Waals surface area (Å²) < 4.78 is 25.5. The Bertz CT molecular complexity index is 473. The first-order valence-electron chi connectivity index (χ1n) is 6.76. The van der Waals surface area contributed by atoms with Gasteiger partial charge >= 0.3 is 6.03 Å². The molecule has 1 aromatic rings. The van der Waals surface area contributed by atoms with Crippen molar-refractivity contribution in [1.29, 1.82) is 0 Å². The molecule has 2 amide bonds. The molecule has 1 aromatic heterocycles. The Morgan fingerprint density at radius 3 is 2.95 bits per heavy atom. The lowest BCUT2D eigenvalue weighted by atomic mass is 9.87. The van der Waals surface area contributed by atoms with E-state index in [9.17, 15) is 13.6 Å². The van der Waals surface area contributed by atoms with Crippen LogP contribution in [0.15, 0.2) is 12.3 Å². The van der Waals surface area contributed by atoms with Crippen molar-refractivity contribution in [3.8, 4) is 0 Å². The molecule has 1 unspecified atom stereocenters. The largest absolute Gasteiger partial charge is 0.335 e. The van der Waals surface area contributed by atoms with E-state index in [1.807, 2.05) is 0 Å². The minimum Gasteiger partial charge on any atom is -0.335 e. The number of carbonyl (C=O) groups is 1. The summed E-state index contributed by atoms with van der Waals surface area (Å²) in [7, 11) is 0. The predicted octanol–water partition coefficient (Wildman–Crippen LogP) is 2.85. The summed E-state index contributed by atoms with van der Waals surface area (Å²) >= 11 is 0. The van der Waals surface area contributed by atoms with Crippen molar-refractivity contribution in [3.63, 3.8) is 0 Å². The average Bonchev–Trinajstić information content (AvgIpc) is 2.86. The fraction of sp³-hybridized carbons (Fsp3) is 0.692. The molecule has 0 aromatic carbocycles. The number of urea groups is 1. The zero-order valence-electron chi connectivity index (χ0n) is 11.7. The number of rotatable bonds is 4. The number of aromatic nitrogens is 2. The topological polar surface area (TPSA) is 59.0 Å². The van der Waals surface area contributed by atoms with E-state index in [0.717, 1.165) is 23.9 Å². The molecule has 0 radical (unpaired) electrons. The molecule has 1 saturated carbocycles. The average molecular weight is 286 g/mol. The first-order chi connectivity index (χ1) is 9.37. The highest BCUT2D eigenvalue weighted by Crippen LogP contribution is 2.37. The van der Waals surface area contributed by atoms with Gasteiger partial charge in [0.2, 0.25) is 0 Å². The maximum absolute atomic E-state index is 12.2. The highest BCUT2D eigenvalue weighted by molar-refractivity contribution is 5.88. The van der Waals surface area contributed by atoms with Crippen LogP contribution in [0.1, 0.15) is 33.1 Å². The molecule has 1 fully saturated rings. The highest BCUT2D eigenvalue weighted by atomic mass is 19.3. The highest BCUT2D eigenvalue weighted by Gasteiger charge is 2.35. The van der Waals surface area contributed by atoms with Crippen LogP contribution in [0.3, 0.4) is 0 Å². The van der Waals surface area contributed by atoms with E-state index < -0.39 is 13.0 Å². The zero-order valence-corrected chi connectivity index (χ0v) is 11.7. The van der Waals surface area contributed by atoms with E-state index in [-0.39, 0.29) is 23.3 Å². The van der Waals surface area contributed by atoms with Crippen LogP contribution < -0.4 is 10.6 Å². The van der Waals surface area contributed by atoms with Gasteiger partial charge in [0, 0.05) is 18.3 Å². The molecule has 7 heteroatoms. The second-order valence-electron chi connectivity index (χ2n) is 5.85. The van der Waals surface area contributed by atoms with Crippen LogP contribution in [0.4, 0.5) is 19.4 Å². The molecule has 1 aliphatic rings. The number of carbonyl (C=O) groups excluding carboxylic acids is 1. The summed E-state index contributed by atoms with van der Waals surface area (Å²) in [5, 5.41) is 9.36. The number of anilines is 1. The molecule has 0 spiro atoms. The van der Waals surface area contributed by atoms with E-state index in [0.29, 0.717) is 0 Å². The molecule has 0 saturated heterocycles. The molecule has 0 bridgehead atoms. The second kappa shape index (κ2) is 5.76. The van der Waals surface area contributed by atoms with Gasteiger partial charge < -0.3 is 5.32 Å². The first kappa shape index (κ1) is 14.7. The molecule has 2 rings (SSSR count). The molecule has 1 aliphatic carbocycles. The number of nitrogens with zero attached hydrogens (tertiary/aromatic N) is 2. The van der Waals surface area contributed by atoms with E-state index in [1.165, 1.54) is 12.3 Å². The van der Waals surface area contributed by atoms with Crippen molar-refractivity contribution in [3.05, 3.63) is 12.3 Å². The van der Waals surface area contributed by atoms with E-state index in [1.54, 1.807) is 0 Å². The number of halogens is 2. The molecule has 0 aliphatic heterocycles. The smallest absolute Gasteiger partial charge is 0.320 e. The standard InChI is InChI=1S/C13H20F2N4O/c1-13(2)6-3-4-9(13)16-12(20)17-11-5-7-19(18-11)8-10(14)15/h5,7,9-10H,3-4,6,8H2,1-2H3,(H2,16,17,18,20). The quantitative estimate of drug-likeness (QED) is 0.894. The number of amides is 2. The third kappa shape index (κ3) is 3.68. The molecular weight excluding hydrogens is 266 g/mol. The Morgan fingerprint density at radius 2 is 2.35 bits per heavy atom. The summed E-state index contributed by atoms with van der Waals surface area (Å²) in [5.74, 6) is 0.277. The fourth-order valence-electron chi connectivity index (χ4n) is 2.58. The molecule has 112 valence electrons. The van der Waals surface area contributed by atoms with E-state index >= 15 is 0 Å². The zero-order chi connectivity index (χ0) is 14.8. The first-order valence-corrected chi connectivity index (χ1v) is 6.76. The fourth-order valence-corrected chi connectivity index (χ4v) is 2.58. The monoisotopic (exact) mass is 286 g/mol. The molecule has 20 heavy (non-hydrogen) atoms. The van der Waals surface area contributed by atoms with Crippen molar-refractivity contribution in [2.75, 3.05) is 5.32 Å². The molecule has 1 atom stereocenters. The van der Waals surface area contributed by atoms with Crippen molar-refractivity contribution < 1.29 is 13.6 Å². The summed E-state index contributed by atoms with van der Waals surface area (Å²) in [4.78, 5) is 11.9. The lowest BCUT2D eigenvalue weighted by Gasteiger charge is -2.27. The van der Waals surface area contributed by atoms with Crippen molar-refractivity contribution in [1.82, 2.24) is 15.1 Å². The third-order valence-electron chi connectivity index (χ3n) is 3.77. The Labute approximate surface area is 116 Å². The van der Waals surface area contributed by atoms with Crippen LogP contribution in [-0.2, 0) is 6.54 Å². The molecule has 5 nitrogen and oxygen atoms in total. The van der Waals surface area contributed by atoms with Crippen LogP contribution in [0.5, 0.6) is 0 Å². The van der Waals surface area contributed by atoms with Gasteiger partial charge in [-0.2, -0.15) is 5.10 Å². The van der Waals surface area contributed by atoms with Crippen LogP contribution in [0.2, 0.25) is 0 Å². The van der Waals surface area contributed by atoms with E-state index in [4.69, 9.17) is 0 Å². The second-order valence-corrected chi connectivity index (χ2v) is 5.85. The van der Waals surface area contributed by atoms with Gasteiger partial charge in [-0.05, 0) is 18.3 Å². The normalized spacial score (nSPS) is 21.1. The SMILES string of the molecule is CC1(C)CCCC1NC(=O)Nc1ccn(CC(F)F)n1. The Balaban J connectivity index is 1.87. The summed E-state index contributed by atoms with van der Waals surface area (Å²) in [6.07, 6.45) is 2.10.